The molecule has 0 bridgehead atoms. The SMILES string of the molecule is O=C(NCCCN1CCCC1=O)C(=O)Nc1ccccc1[N+](=O)[O-]. The molecule has 0 atom stereocenters. The van der Waals surface area contributed by atoms with Crippen molar-refractivity contribution in [2.45, 2.75) is 19.3 Å². The summed E-state index contributed by atoms with van der Waals surface area (Å²) in [4.78, 5) is 46.9. The zero-order valence-corrected chi connectivity index (χ0v) is 13.0. The van der Waals surface area contributed by atoms with E-state index in [0.29, 0.717) is 19.4 Å². The van der Waals surface area contributed by atoms with Crippen LogP contribution in [0.15, 0.2) is 24.3 Å². The first-order valence-corrected chi connectivity index (χ1v) is 7.59. The molecule has 0 spiro atoms. The number of nitrogens with one attached hydrogen (secondary N) is 2. The van der Waals surface area contributed by atoms with Crippen molar-refractivity contribution in [2.24, 2.45) is 0 Å². The first-order valence-electron chi connectivity index (χ1n) is 7.59. The Morgan fingerprint density at radius 1 is 1.25 bits per heavy atom. The molecule has 1 aliphatic rings. The van der Waals surface area contributed by atoms with Crippen LogP contribution in [0.2, 0.25) is 0 Å². The number of amides is 3. The van der Waals surface area contributed by atoms with Gasteiger partial charge in [-0.15, -0.1) is 0 Å². The Morgan fingerprint density at radius 2 is 2.00 bits per heavy atom. The van der Waals surface area contributed by atoms with Crippen LogP contribution in [0.5, 0.6) is 0 Å². The van der Waals surface area contributed by atoms with Gasteiger partial charge in [0.25, 0.3) is 5.69 Å². The van der Waals surface area contributed by atoms with Crippen molar-refractivity contribution in [3.8, 4) is 0 Å². The summed E-state index contributed by atoms with van der Waals surface area (Å²) in [6, 6.07) is 5.57. The second-order valence-corrected chi connectivity index (χ2v) is 5.32. The number of hydrogen-bond acceptors (Lipinski definition) is 5. The van der Waals surface area contributed by atoms with E-state index in [1.807, 2.05) is 0 Å². The lowest BCUT2D eigenvalue weighted by molar-refractivity contribution is -0.383. The predicted octanol–water partition coefficient (Wildman–Crippen LogP) is 0.662. The van der Waals surface area contributed by atoms with Gasteiger partial charge in [0.2, 0.25) is 5.91 Å². The van der Waals surface area contributed by atoms with E-state index < -0.39 is 16.7 Å². The predicted molar refractivity (Wildman–Crippen MR) is 85.2 cm³/mol. The van der Waals surface area contributed by atoms with Crippen molar-refractivity contribution in [1.29, 1.82) is 0 Å². The Hall–Kier alpha value is -2.97. The lowest BCUT2D eigenvalue weighted by Crippen LogP contribution is -2.37. The highest BCUT2D eigenvalue weighted by Crippen LogP contribution is 2.22. The number of nitro groups is 1. The minimum absolute atomic E-state index is 0.0367. The van der Waals surface area contributed by atoms with Gasteiger partial charge in [-0.25, -0.2) is 0 Å². The van der Waals surface area contributed by atoms with Gasteiger partial charge < -0.3 is 15.5 Å². The van der Waals surface area contributed by atoms with Crippen LogP contribution in [0.1, 0.15) is 19.3 Å². The number of likely N-dealkylation sites (tertiary alicyclic amines) is 1. The van der Waals surface area contributed by atoms with Gasteiger partial charge in [0.1, 0.15) is 5.69 Å². The highest BCUT2D eigenvalue weighted by atomic mass is 16.6. The molecule has 0 saturated carbocycles. The van der Waals surface area contributed by atoms with Crippen LogP contribution >= 0.6 is 0 Å². The third-order valence-electron chi connectivity index (χ3n) is 3.62. The van der Waals surface area contributed by atoms with Crippen LogP contribution in [0.3, 0.4) is 0 Å². The first-order chi connectivity index (χ1) is 11.5. The number of anilines is 1. The number of nitrogens with zero attached hydrogens (tertiary/aromatic N) is 2. The largest absolute Gasteiger partial charge is 0.348 e. The molecule has 3 amide bonds. The summed E-state index contributed by atoms with van der Waals surface area (Å²) in [5.41, 5.74) is -0.323. The molecule has 1 aliphatic heterocycles. The van der Waals surface area contributed by atoms with Gasteiger partial charge >= 0.3 is 11.8 Å². The lowest BCUT2D eigenvalue weighted by Gasteiger charge is -2.15. The van der Waals surface area contributed by atoms with Gasteiger partial charge in [0.05, 0.1) is 4.92 Å². The molecule has 2 rings (SSSR count). The molecule has 1 fully saturated rings. The molecule has 9 heteroatoms. The van der Waals surface area contributed by atoms with Crippen LogP contribution in [0.4, 0.5) is 11.4 Å². The van der Waals surface area contributed by atoms with Gasteiger partial charge in [0, 0.05) is 32.1 Å². The monoisotopic (exact) mass is 334 g/mol. The molecule has 0 aromatic heterocycles. The van der Waals surface area contributed by atoms with Crippen LogP contribution in [0, 0.1) is 10.1 Å². The van der Waals surface area contributed by atoms with Gasteiger partial charge in [0.15, 0.2) is 0 Å². The standard InChI is InChI=1S/C15H18N4O5/c20-13-7-3-9-18(13)10-4-8-16-14(21)15(22)17-11-5-1-2-6-12(11)19(23)24/h1-2,5-6H,3-4,7-10H2,(H,16,21)(H,17,22). The topological polar surface area (TPSA) is 122 Å². The summed E-state index contributed by atoms with van der Waals surface area (Å²) in [6.07, 6.45) is 1.95. The quantitative estimate of drug-likeness (QED) is 0.342. The van der Waals surface area contributed by atoms with Crippen molar-refractivity contribution in [3.05, 3.63) is 34.4 Å². The smallest absolute Gasteiger partial charge is 0.313 e. The van der Waals surface area contributed by atoms with Crippen molar-refractivity contribution in [2.75, 3.05) is 25.0 Å². The Balaban J connectivity index is 1.77. The summed E-state index contributed by atoms with van der Waals surface area (Å²) in [7, 11) is 0. The second-order valence-electron chi connectivity index (χ2n) is 5.32. The number of carbonyl (C=O) groups excluding carboxylic acids is 3. The molecule has 0 unspecified atom stereocenters. The number of nitro benzene ring substituents is 1. The maximum Gasteiger partial charge on any atom is 0.313 e. The number of carbonyl (C=O) groups is 3. The van der Waals surface area contributed by atoms with Gasteiger partial charge in [-0.05, 0) is 18.9 Å². The van der Waals surface area contributed by atoms with E-state index in [-0.39, 0.29) is 23.8 Å². The third-order valence-corrected chi connectivity index (χ3v) is 3.62. The summed E-state index contributed by atoms with van der Waals surface area (Å²) >= 11 is 0. The summed E-state index contributed by atoms with van der Waals surface area (Å²) in [5, 5.41) is 15.5. The lowest BCUT2D eigenvalue weighted by atomic mass is 10.2. The number of para-hydroxylation sites is 2. The highest BCUT2D eigenvalue weighted by molar-refractivity contribution is 6.39. The molecule has 1 heterocycles. The number of rotatable bonds is 6. The average Bonchev–Trinajstić information content (AvgIpc) is 2.96. The maximum atomic E-state index is 11.8. The van der Waals surface area contributed by atoms with E-state index in [1.165, 1.54) is 24.3 Å². The van der Waals surface area contributed by atoms with Crippen molar-refractivity contribution < 1.29 is 19.3 Å². The molecule has 0 aliphatic carbocycles. The maximum absolute atomic E-state index is 11.8. The second kappa shape index (κ2) is 8.04. The third kappa shape index (κ3) is 4.51. The van der Waals surface area contributed by atoms with Crippen molar-refractivity contribution in [3.63, 3.8) is 0 Å². The summed E-state index contributed by atoms with van der Waals surface area (Å²) < 4.78 is 0. The van der Waals surface area contributed by atoms with Crippen LogP contribution in [0.25, 0.3) is 0 Å². The minimum atomic E-state index is -0.971. The first kappa shape index (κ1) is 17.4. The fraction of sp³-hybridized carbons (Fsp3) is 0.400. The minimum Gasteiger partial charge on any atom is -0.348 e. The average molecular weight is 334 g/mol. The van der Waals surface area contributed by atoms with Crippen LogP contribution in [-0.4, -0.2) is 47.2 Å². The summed E-state index contributed by atoms with van der Waals surface area (Å²) in [5.74, 6) is -1.74. The Morgan fingerprint density at radius 3 is 2.67 bits per heavy atom. The number of benzene rings is 1. The van der Waals surface area contributed by atoms with E-state index in [2.05, 4.69) is 10.6 Å². The van der Waals surface area contributed by atoms with E-state index in [1.54, 1.807) is 4.90 Å². The van der Waals surface area contributed by atoms with Gasteiger partial charge in [-0.3, -0.25) is 24.5 Å². The molecule has 1 aromatic carbocycles. The Kier molecular flexibility index (Phi) is 5.83. The van der Waals surface area contributed by atoms with Crippen LogP contribution < -0.4 is 10.6 Å². The fourth-order valence-electron chi connectivity index (χ4n) is 2.41. The normalized spacial score (nSPS) is 13.7. The summed E-state index contributed by atoms with van der Waals surface area (Å²) in [6.45, 7) is 1.50. The van der Waals surface area contributed by atoms with E-state index in [9.17, 15) is 24.5 Å². The fourth-order valence-corrected chi connectivity index (χ4v) is 2.41. The molecular formula is C15H18N4O5. The van der Waals surface area contributed by atoms with Crippen molar-refractivity contribution >= 4 is 29.1 Å². The Bertz CT molecular complexity index is 661. The molecular weight excluding hydrogens is 316 g/mol. The van der Waals surface area contributed by atoms with Crippen molar-refractivity contribution in [1.82, 2.24) is 10.2 Å². The zero-order valence-electron chi connectivity index (χ0n) is 13.0. The van der Waals surface area contributed by atoms with E-state index in [0.717, 1.165) is 13.0 Å². The molecule has 2 N–H and O–H groups in total. The number of hydrogen-bond donors (Lipinski definition) is 2. The van der Waals surface area contributed by atoms with Gasteiger partial charge in [-0.1, -0.05) is 12.1 Å². The van der Waals surface area contributed by atoms with Gasteiger partial charge in [-0.2, -0.15) is 0 Å². The highest BCUT2D eigenvalue weighted by Gasteiger charge is 2.21. The molecule has 1 aromatic rings. The van der Waals surface area contributed by atoms with E-state index >= 15 is 0 Å². The van der Waals surface area contributed by atoms with E-state index in [4.69, 9.17) is 0 Å². The zero-order chi connectivity index (χ0) is 17.5. The molecule has 128 valence electrons. The molecule has 0 radical (unpaired) electrons. The molecule has 9 nitrogen and oxygen atoms in total. The Labute approximate surface area is 138 Å². The molecule has 24 heavy (non-hydrogen) atoms. The van der Waals surface area contributed by atoms with Crippen LogP contribution in [-0.2, 0) is 14.4 Å². The molecule has 1 saturated heterocycles.